The number of nitrogens with zero attached hydrogens (tertiary/aromatic N) is 1. The number of rotatable bonds is 2. The van der Waals surface area contributed by atoms with Gasteiger partial charge in [0, 0.05) is 25.8 Å². The molecule has 19 heavy (non-hydrogen) atoms. The molecule has 1 aliphatic rings. The van der Waals surface area contributed by atoms with Crippen molar-refractivity contribution in [3.05, 3.63) is 28.5 Å². The van der Waals surface area contributed by atoms with Gasteiger partial charge in [0.25, 0.3) is 0 Å². The maximum absolute atomic E-state index is 14.1. The lowest BCUT2D eigenvalue weighted by atomic mass is 10.1. The van der Waals surface area contributed by atoms with E-state index in [0.717, 1.165) is 19.4 Å². The van der Waals surface area contributed by atoms with E-state index in [1.807, 2.05) is 11.9 Å². The molecule has 0 bridgehead atoms. The molecule has 0 amide bonds. The Bertz CT molecular complexity index is 643. The minimum Gasteiger partial charge on any atom is -0.408 e. The fraction of sp³-hybridized carbons (Fsp3) is 0.462. The van der Waals surface area contributed by atoms with Gasteiger partial charge in [0.15, 0.2) is 5.58 Å². The van der Waals surface area contributed by atoms with Crippen LogP contribution in [0.2, 0.25) is 0 Å². The van der Waals surface area contributed by atoms with E-state index >= 15 is 0 Å². The lowest BCUT2D eigenvalue weighted by Crippen LogP contribution is -2.38. The summed E-state index contributed by atoms with van der Waals surface area (Å²) in [5.74, 6) is -0.951. The maximum Gasteiger partial charge on any atom is 0.417 e. The van der Waals surface area contributed by atoms with Crippen LogP contribution < -0.4 is 10.7 Å². The largest absolute Gasteiger partial charge is 0.417 e. The number of nitrogens with one attached hydrogen (secondary N) is 1. The topological polar surface area (TPSA) is 58.5 Å². The van der Waals surface area contributed by atoms with Crippen molar-refractivity contribution >= 4 is 16.8 Å². The molecule has 2 heterocycles. The molecule has 5 nitrogen and oxygen atoms in total. The van der Waals surface area contributed by atoms with E-state index in [-0.39, 0.29) is 11.9 Å². The number of halogens is 1. The molecule has 1 N–H and O–H groups in total. The normalized spacial score (nSPS) is 19.8. The number of aromatic nitrogens is 1. The number of fused-ring (bicyclic) bond motifs is 1. The fourth-order valence-corrected chi connectivity index (χ4v) is 2.46. The van der Waals surface area contributed by atoms with E-state index < -0.39 is 5.76 Å². The molecule has 1 aromatic carbocycles. The van der Waals surface area contributed by atoms with Gasteiger partial charge in [-0.1, -0.05) is 0 Å². The van der Waals surface area contributed by atoms with E-state index in [1.165, 1.54) is 6.07 Å². The summed E-state index contributed by atoms with van der Waals surface area (Å²) in [6, 6.07) is 2.98. The Hall–Kier alpha value is -1.82. The van der Waals surface area contributed by atoms with Gasteiger partial charge in [0.05, 0.1) is 23.9 Å². The van der Waals surface area contributed by atoms with E-state index in [2.05, 4.69) is 4.98 Å². The van der Waals surface area contributed by atoms with Crippen molar-refractivity contribution in [2.75, 3.05) is 25.2 Å². The fourth-order valence-electron chi connectivity index (χ4n) is 2.46. The Kier molecular flexibility index (Phi) is 3.02. The van der Waals surface area contributed by atoms with Crippen molar-refractivity contribution < 1.29 is 13.5 Å². The second-order valence-electron chi connectivity index (χ2n) is 4.80. The van der Waals surface area contributed by atoms with Crippen LogP contribution in [0.15, 0.2) is 21.3 Å². The number of anilines is 1. The van der Waals surface area contributed by atoms with Gasteiger partial charge in [0.1, 0.15) is 5.82 Å². The molecule has 1 aliphatic heterocycles. The zero-order chi connectivity index (χ0) is 13.4. The van der Waals surface area contributed by atoms with Gasteiger partial charge in [0.2, 0.25) is 0 Å². The Labute approximate surface area is 109 Å². The van der Waals surface area contributed by atoms with Crippen molar-refractivity contribution in [1.29, 1.82) is 0 Å². The third kappa shape index (κ3) is 2.23. The smallest absolute Gasteiger partial charge is 0.408 e. The monoisotopic (exact) mass is 266 g/mol. The first kappa shape index (κ1) is 12.2. The molecule has 102 valence electrons. The highest BCUT2D eigenvalue weighted by Crippen LogP contribution is 2.27. The van der Waals surface area contributed by atoms with Gasteiger partial charge in [-0.15, -0.1) is 0 Å². The highest BCUT2D eigenvalue weighted by atomic mass is 19.1. The van der Waals surface area contributed by atoms with E-state index in [0.29, 0.717) is 23.4 Å². The molecule has 3 rings (SSSR count). The first-order chi connectivity index (χ1) is 9.15. The molecule has 1 aromatic heterocycles. The molecule has 0 unspecified atom stereocenters. The summed E-state index contributed by atoms with van der Waals surface area (Å²) in [6.45, 7) is 1.35. The highest BCUT2D eigenvalue weighted by molar-refractivity contribution is 5.77. The highest BCUT2D eigenvalue weighted by Gasteiger charge is 2.22. The van der Waals surface area contributed by atoms with Crippen molar-refractivity contribution in [2.45, 2.75) is 18.9 Å². The van der Waals surface area contributed by atoms with Crippen LogP contribution in [0.3, 0.4) is 0 Å². The van der Waals surface area contributed by atoms with Crippen LogP contribution in [-0.4, -0.2) is 31.3 Å². The van der Waals surface area contributed by atoms with Crippen LogP contribution in [0.4, 0.5) is 10.1 Å². The third-order valence-electron chi connectivity index (χ3n) is 3.55. The summed E-state index contributed by atoms with van der Waals surface area (Å²) < 4.78 is 24.5. The molecular formula is C13H15FN2O3. The average molecular weight is 266 g/mol. The molecule has 0 aliphatic carbocycles. The Morgan fingerprint density at radius 1 is 1.47 bits per heavy atom. The van der Waals surface area contributed by atoms with Crippen LogP contribution >= 0.6 is 0 Å². The van der Waals surface area contributed by atoms with Crippen LogP contribution in [-0.2, 0) is 4.74 Å². The van der Waals surface area contributed by atoms with Crippen molar-refractivity contribution in [1.82, 2.24) is 4.98 Å². The number of likely N-dealkylation sites (N-methyl/N-ethyl adjacent to an activating group) is 1. The van der Waals surface area contributed by atoms with E-state index in [9.17, 15) is 9.18 Å². The predicted molar refractivity (Wildman–Crippen MR) is 69.0 cm³/mol. The number of hydrogen-bond donors (Lipinski definition) is 1. The van der Waals surface area contributed by atoms with Gasteiger partial charge in [-0.25, -0.2) is 9.18 Å². The lowest BCUT2D eigenvalue weighted by molar-refractivity contribution is 0.0805. The van der Waals surface area contributed by atoms with Gasteiger partial charge in [-0.2, -0.15) is 0 Å². The standard InChI is InChI=1S/C13H15FN2O3/c1-16(8-3-2-4-18-7-8)11-6-12-10(5-9(11)14)15-13(17)19-12/h5-6,8H,2-4,7H2,1H3,(H,15,17)/t8-/m0/s1. The molecule has 0 saturated carbocycles. The van der Waals surface area contributed by atoms with Crippen molar-refractivity contribution in [2.24, 2.45) is 0 Å². The van der Waals surface area contributed by atoms with Gasteiger partial charge >= 0.3 is 5.76 Å². The predicted octanol–water partition coefficient (Wildman–Crippen LogP) is 1.88. The zero-order valence-corrected chi connectivity index (χ0v) is 10.6. The van der Waals surface area contributed by atoms with E-state index in [4.69, 9.17) is 9.15 Å². The SMILES string of the molecule is CN(c1cc2oc(=O)[nH]c2cc1F)[C@H]1CCCOC1. The minimum atomic E-state index is -0.574. The molecule has 6 heteroatoms. The molecule has 1 saturated heterocycles. The summed E-state index contributed by atoms with van der Waals surface area (Å²) in [6.07, 6.45) is 1.93. The van der Waals surface area contributed by atoms with Crippen LogP contribution in [0.1, 0.15) is 12.8 Å². The quantitative estimate of drug-likeness (QED) is 0.901. The number of oxazole rings is 1. The summed E-state index contributed by atoms with van der Waals surface area (Å²) in [5, 5.41) is 0. The molecule has 1 fully saturated rings. The molecular weight excluding hydrogens is 251 g/mol. The van der Waals surface area contributed by atoms with Crippen LogP contribution in [0, 0.1) is 5.82 Å². The average Bonchev–Trinajstić information content (AvgIpc) is 2.77. The number of ether oxygens (including phenoxy) is 1. The second kappa shape index (κ2) is 4.70. The number of benzene rings is 1. The molecule has 0 spiro atoms. The van der Waals surface area contributed by atoms with Crippen LogP contribution in [0.25, 0.3) is 11.1 Å². The Morgan fingerprint density at radius 3 is 3.05 bits per heavy atom. The van der Waals surface area contributed by atoms with E-state index in [1.54, 1.807) is 6.07 Å². The number of H-pyrrole nitrogens is 1. The Morgan fingerprint density at radius 2 is 2.32 bits per heavy atom. The number of hydrogen-bond acceptors (Lipinski definition) is 4. The first-order valence-electron chi connectivity index (χ1n) is 6.28. The minimum absolute atomic E-state index is 0.145. The maximum atomic E-state index is 14.1. The third-order valence-corrected chi connectivity index (χ3v) is 3.55. The zero-order valence-electron chi connectivity index (χ0n) is 10.6. The Balaban J connectivity index is 1.98. The summed E-state index contributed by atoms with van der Waals surface area (Å²) in [7, 11) is 1.83. The van der Waals surface area contributed by atoms with Crippen molar-refractivity contribution in [3.63, 3.8) is 0 Å². The number of aromatic amines is 1. The lowest BCUT2D eigenvalue weighted by Gasteiger charge is -2.32. The molecule has 0 radical (unpaired) electrons. The summed E-state index contributed by atoms with van der Waals surface area (Å²) in [4.78, 5) is 15.4. The van der Waals surface area contributed by atoms with Gasteiger partial charge in [-0.05, 0) is 12.8 Å². The van der Waals surface area contributed by atoms with Gasteiger partial charge in [-0.3, -0.25) is 4.98 Å². The van der Waals surface area contributed by atoms with Crippen molar-refractivity contribution in [3.8, 4) is 0 Å². The summed E-state index contributed by atoms with van der Waals surface area (Å²) >= 11 is 0. The summed E-state index contributed by atoms with van der Waals surface area (Å²) in [5.41, 5.74) is 1.16. The van der Waals surface area contributed by atoms with Gasteiger partial charge < -0.3 is 14.1 Å². The molecule has 1 atom stereocenters. The molecule has 2 aromatic rings. The second-order valence-corrected chi connectivity index (χ2v) is 4.80. The first-order valence-corrected chi connectivity index (χ1v) is 6.28. The van der Waals surface area contributed by atoms with Crippen LogP contribution in [0.5, 0.6) is 0 Å².